The van der Waals surface area contributed by atoms with Crippen molar-refractivity contribution >= 4 is 5.91 Å². The number of hydrogen-bond donors (Lipinski definition) is 2. The smallest absolute Gasteiger partial charge is 0.277 e. The number of rotatable bonds is 3. The summed E-state index contributed by atoms with van der Waals surface area (Å²) >= 11 is 0. The summed E-state index contributed by atoms with van der Waals surface area (Å²) in [6.45, 7) is 7.99. The summed E-state index contributed by atoms with van der Waals surface area (Å²) in [5, 5.41) is 9.80. The number of amides is 1. The minimum absolute atomic E-state index is 0.173. The number of aryl methyl sites for hydroxylation is 1. The van der Waals surface area contributed by atoms with Crippen LogP contribution in [-0.2, 0) is 12.8 Å². The maximum atomic E-state index is 12.7. The lowest BCUT2D eigenvalue weighted by atomic mass is 10.0. The van der Waals surface area contributed by atoms with Gasteiger partial charge in [0.2, 0.25) is 0 Å². The minimum atomic E-state index is -0.379. The summed E-state index contributed by atoms with van der Waals surface area (Å²) in [7, 11) is 0. The Morgan fingerprint density at radius 3 is 2.75 bits per heavy atom. The molecule has 0 spiro atoms. The highest BCUT2D eigenvalue weighted by molar-refractivity contribution is 5.95. The van der Waals surface area contributed by atoms with Gasteiger partial charge in [-0.3, -0.25) is 9.59 Å². The van der Waals surface area contributed by atoms with Crippen molar-refractivity contribution < 1.29 is 4.79 Å². The Hall–Kier alpha value is -1.69. The van der Waals surface area contributed by atoms with E-state index in [0.717, 1.165) is 17.8 Å². The highest BCUT2D eigenvalue weighted by Crippen LogP contribution is 2.13. The van der Waals surface area contributed by atoms with Crippen molar-refractivity contribution in [1.29, 1.82) is 0 Å². The van der Waals surface area contributed by atoms with Crippen LogP contribution in [0.5, 0.6) is 0 Å². The second-order valence-corrected chi connectivity index (χ2v) is 5.17. The molecule has 2 N–H and O–H groups in total. The summed E-state index contributed by atoms with van der Waals surface area (Å²) in [5.74, 6) is -0.173. The van der Waals surface area contributed by atoms with E-state index >= 15 is 0 Å². The average molecular weight is 278 g/mol. The summed E-state index contributed by atoms with van der Waals surface area (Å²) in [4.78, 5) is 26.5. The number of aromatic amines is 1. The summed E-state index contributed by atoms with van der Waals surface area (Å²) in [5.41, 5.74) is 1.48. The van der Waals surface area contributed by atoms with Crippen LogP contribution in [0.2, 0.25) is 0 Å². The molecule has 0 saturated carbocycles. The molecule has 1 atom stereocenters. The number of carbonyl (C=O) groups is 1. The Balaban J connectivity index is 2.40. The molecular weight excluding hydrogens is 256 g/mol. The third kappa shape index (κ3) is 2.75. The first-order valence-corrected chi connectivity index (χ1v) is 7.21. The second-order valence-electron chi connectivity index (χ2n) is 5.17. The third-order valence-electron chi connectivity index (χ3n) is 3.73. The molecule has 0 radical (unpaired) electrons. The maximum absolute atomic E-state index is 12.7. The summed E-state index contributed by atoms with van der Waals surface area (Å²) < 4.78 is 0. The monoisotopic (exact) mass is 278 g/mol. The molecule has 1 fully saturated rings. The molecule has 0 aromatic carbocycles. The molecular formula is C14H22N4O2. The molecule has 110 valence electrons. The van der Waals surface area contributed by atoms with E-state index in [0.29, 0.717) is 25.9 Å². The number of aromatic nitrogens is 2. The molecule has 6 nitrogen and oxygen atoms in total. The van der Waals surface area contributed by atoms with Crippen LogP contribution < -0.4 is 10.9 Å². The largest absolute Gasteiger partial charge is 0.336 e. The number of nitrogens with one attached hydrogen (secondary N) is 2. The molecule has 6 heteroatoms. The Kier molecular flexibility index (Phi) is 4.54. The second kappa shape index (κ2) is 6.17. The van der Waals surface area contributed by atoms with Crippen molar-refractivity contribution in [2.75, 3.05) is 19.6 Å². The maximum Gasteiger partial charge on any atom is 0.277 e. The van der Waals surface area contributed by atoms with Crippen molar-refractivity contribution in [2.45, 2.75) is 39.7 Å². The quantitative estimate of drug-likeness (QED) is 0.835. The first-order valence-electron chi connectivity index (χ1n) is 7.21. The fourth-order valence-corrected chi connectivity index (χ4v) is 2.70. The van der Waals surface area contributed by atoms with E-state index < -0.39 is 0 Å². The zero-order valence-electron chi connectivity index (χ0n) is 12.3. The SMILES string of the molecule is CCc1n[nH]c(=O)c(C(=O)N2CCNC(C)C2)c1CC. The first-order chi connectivity index (χ1) is 9.58. The van der Waals surface area contributed by atoms with Crippen molar-refractivity contribution in [3.63, 3.8) is 0 Å². The van der Waals surface area contributed by atoms with Gasteiger partial charge in [0.25, 0.3) is 11.5 Å². The molecule has 2 heterocycles. The zero-order valence-corrected chi connectivity index (χ0v) is 12.3. The molecule has 1 unspecified atom stereocenters. The zero-order chi connectivity index (χ0) is 14.7. The molecule has 20 heavy (non-hydrogen) atoms. The van der Waals surface area contributed by atoms with Gasteiger partial charge >= 0.3 is 0 Å². The van der Waals surface area contributed by atoms with Gasteiger partial charge in [0.1, 0.15) is 5.56 Å². The van der Waals surface area contributed by atoms with E-state index in [1.54, 1.807) is 4.90 Å². The fourth-order valence-electron chi connectivity index (χ4n) is 2.70. The molecule has 0 bridgehead atoms. The number of carbonyl (C=O) groups excluding carboxylic acids is 1. The van der Waals surface area contributed by atoms with Gasteiger partial charge in [-0.1, -0.05) is 13.8 Å². The van der Waals surface area contributed by atoms with Crippen LogP contribution in [0, 0.1) is 0 Å². The van der Waals surface area contributed by atoms with Crippen LogP contribution in [-0.4, -0.2) is 46.7 Å². The third-order valence-corrected chi connectivity index (χ3v) is 3.73. The number of hydrogen-bond acceptors (Lipinski definition) is 4. The number of nitrogens with zero attached hydrogens (tertiary/aromatic N) is 2. The van der Waals surface area contributed by atoms with Crippen LogP contribution in [0.4, 0.5) is 0 Å². The molecule has 2 rings (SSSR count). The van der Waals surface area contributed by atoms with Crippen molar-refractivity contribution in [3.05, 3.63) is 27.2 Å². The van der Waals surface area contributed by atoms with E-state index in [1.165, 1.54) is 0 Å². The normalized spacial score (nSPS) is 19.1. The van der Waals surface area contributed by atoms with Crippen LogP contribution >= 0.6 is 0 Å². The summed E-state index contributed by atoms with van der Waals surface area (Å²) in [6, 6.07) is 0.254. The van der Waals surface area contributed by atoms with Crippen molar-refractivity contribution in [1.82, 2.24) is 20.4 Å². The van der Waals surface area contributed by atoms with Gasteiger partial charge in [-0.15, -0.1) is 0 Å². The van der Waals surface area contributed by atoms with Gasteiger partial charge in [0.15, 0.2) is 0 Å². The lowest BCUT2D eigenvalue weighted by Crippen LogP contribution is -2.52. The Bertz CT molecular complexity index is 553. The summed E-state index contributed by atoms with van der Waals surface area (Å²) in [6.07, 6.45) is 1.35. The molecule has 1 aliphatic heterocycles. The van der Waals surface area contributed by atoms with Gasteiger partial charge in [0, 0.05) is 25.7 Å². The molecule has 1 aromatic rings. The van der Waals surface area contributed by atoms with Gasteiger partial charge in [-0.05, 0) is 25.3 Å². The Morgan fingerprint density at radius 2 is 2.15 bits per heavy atom. The fraction of sp³-hybridized carbons (Fsp3) is 0.643. The molecule has 1 saturated heterocycles. The Morgan fingerprint density at radius 1 is 1.40 bits per heavy atom. The number of piperazine rings is 1. The van der Waals surface area contributed by atoms with Gasteiger partial charge < -0.3 is 10.2 Å². The standard InChI is InChI=1S/C14H22N4O2/c1-4-10-11(5-2)16-17-13(19)12(10)14(20)18-7-6-15-9(3)8-18/h9,15H,4-8H2,1-3H3,(H,17,19). The van der Waals surface area contributed by atoms with Crippen LogP contribution in [0.15, 0.2) is 4.79 Å². The van der Waals surface area contributed by atoms with Crippen LogP contribution in [0.3, 0.4) is 0 Å². The van der Waals surface area contributed by atoms with Gasteiger partial charge in [0.05, 0.1) is 5.69 Å². The van der Waals surface area contributed by atoms with Gasteiger partial charge in [-0.2, -0.15) is 5.10 Å². The van der Waals surface area contributed by atoms with Crippen molar-refractivity contribution in [2.24, 2.45) is 0 Å². The van der Waals surface area contributed by atoms with E-state index in [1.807, 2.05) is 20.8 Å². The molecule has 1 aromatic heterocycles. The van der Waals surface area contributed by atoms with E-state index in [-0.39, 0.29) is 23.1 Å². The van der Waals surface area contributed by atoms with Crippen LogP contribution in [0.25, 0.3) is 0 Å². The Labute approximate surface area is 118 Å². The lowest BCUT2D eigenvalue weighted by molar-refractivity contribution is 0.0705. The van der Waals surface area contributed by atoms with E-state index in [9.17, 15) is 9.59 Å². The van der Waals surface area contributed by atoms with E-state index in [2.05, 4.69) is 15.5 Å². The lowest BCUT2D eigenvalue weighted by Gasteiger charge is -2.32. The van der Waals surface area contributed by atoms with Gasteiger partial charge in [-0.25, -0.2) is 5.10 Å². The molecule has 1 aliphatic rings. The number of H-pyrrole nitrogens is 1. The highest BCUT2D eigenvalue weighted by atomic mass is 16.2. The minimum Gasteiger partial charge on any atom is -0.336 e. The van der Waals surface area contributed by atoms with Crippen LogP contribution in [0.1, 0.15) is 42.4 Å². The molecule has 0 aliphatic carbocycles. The van der Waals surface area contributed by atoms with E-state index in [4.69, 9.17) is 0 Å². The predicted molar refractivity (Wildman–Crippen MR) is 77.0 cm³/mol. The average Bonchev–Trinajstić information content (AvgIpc) is 2.46. The first kappa shape index (κ1) is 14.7. The van der Waals surface area contributed by atoms with Crippen molar-refractivity contribution in [3.8, 4) is 0 Å². The predicted octanol–water partition coefficient (Wildman–Crippen LogP) is 0.329. The topological polar surface area (TPSA) is 78.1 Å². The highest BCUT2D eigenvalue weighted by Gasteiger charge is 2.26. The molecule has 1 amide bonds.